The second-order valence-electron chi connectivity index (χ2n) is 4.69. The first-order valence-electron chi connectivity index (χ1n) is 6.45. The number of carbonyl (C=O) groups excluding carboxylic acids is 1. The van der Waals surface area contributed by atoms with Gasteiger partial charge in [0.15, 0.2) is 0 Å². The second kappa shape index (κ2) is 6.10. The summed E-state index contributed by atoms with van der Waals surface area (Å²) in [5.74, 6) is 0.176. The van der Waals surface area contributed by atoms with Crippen molar-refractivity contribution in [3.05, 3.63) is 53.6 Å². The Morgan fingerprint density at radius 1 is 1.20 bits per heavy atom. The topological polar surface area (TPSA) is 61.4 Å². The Balaban J connectivity index is 2.10. The highest BCUT2D eigenvalue weighted by molar-refractivity contribution is 5.89. The maximum atomic E-state index is 11.2. The van der Waals surface area contributed by atoms with Gasteiger partial charge in [-0.2, -0.15) is 0 Å². The van der Waals surface area contributed by atoms with Crippen LogP contribution in [0.1, 0.15) is 18.1 Å². The van der Waals surface area contributed by atoms with Gasteiger partial charge >= 0.3 is 0 Å². The lowest BCUT2D eigenvalue weighted by Crippen LogP contribution is -2.10. The Kier molecular flexibility index (Phi) is 4.25. The van der Waals surface area contributed by atoms with Crippen LogP contribution in [0.5, 0.6) is 5.75 Å². The van der Waals surface area contributed by atoms with Crippen LogP contribution in [0, 0.1) is 6.92 Å². The maximum Gasteiger partial charge on any atom is 0.221 e. The van der Waals surface area contributed by atoms with Gasteiger partial charge in [0.25, 0.3) is 0 Å². The summed E-state index contributed by atoms with van der Waals surface area (Å²) in [5.41, 5.74) is 3.46. The van der Waals surface area contributed by atoms with E-state index >= 15 is 0 Å². The van der Waals surface area contributed by atoms with Gasteiger partial charge in [-0.1, -0.05) is 24.3 Å². The van der Waals surface area contributed by atoms with Crippen LogP contribution in [0.2, 0.25) is 0 Å². The lowest BCUT2D eigenvalue weighted by atomic mass is 10.1. The third-order valence-electron chi connectivity index (χ3n) is 3.02. The number of phenols is 1. The third kappa shape index (κ3) is 3.51. The molecule has 0 aromatic heterocycles. The standard InChI is InChI=1S/C16H18N2O2/c1-11-7-8-14(9-16(11)20)17-10-13-5-3-4-6-15(13)18-12(2)19/h3-9,17,20H,10H2,1-2H3,(H,18,19). The number of anilines is 2. The summed E-state index contributed by atoms with van der Waals surface area (Å²) in [6.45, 7) is 3.91. The molecule has 0 saturated carbocycles. The normalized spacial score (nSPS) is 10.1. The molecule has 2 aromatic rings. The molecular formula is C16H18N2O2. The van der Waals surface area contributed by atoms with Gasteiger partial charge in [0.2, 0.25) is 5.91 Å². The van der Waals surface area contributed by atoms with Crippen LogP contribution in [0.15, 0.2) is 42.5 Å². The van der Waals surface area contributed by atoms with Crippen molar-refractivity contribution in [2.45, 2.75) is 20.4 Å². The van der Waals surface area contributed by atoms with E-state index in [-0.39, 0.29) is 11.7 Å². The van der Waals surface area contributed by atoms with E-state index in [0.717, 1.165) is 22.5 Å². The van der Waals surface area contributed by atoms with Crippen LogP contribution in [0.4, 0.5) is 11.4 Å². The molecule has 0 fully saturated rings. The van der Waals surface area contributed by atoms with Gasteiger partial charge in [-0.15, -0.1) is 0 Å². The molecule has 4 heteroatoms. The zero-order valence-corrected chi connectivity index (χ0v) is 11.6. The molecule has 0 aliphatic carbocycles. The van der Waals surface area contributed by atoms with Gasteiger partial charge in [0.1, 0.15) is 5.75 Å². The number of carbonyl (C=O) groups is 1. The van der Waals surface area contributed by atoms with Crippen LogP contribution in [-0.4, -0.2) is 11.0 Å². The fraction of sp³-hybridized carbons (Fsp3) is 0.188. The van der Waals surface area contributed by atoms with Gasteiger partial charge in [-0.3, -0.25) is 4.79 Å². The molecule has 0 atom stereocenters. The fourth-order valence-corrected chi connectivity index (χ4v) is 1.90. The summed E-state index contributed by atoms with van der Waals surface area (Å²) in [6.07, 6.45) is 0. The number of phenolic OH excluding ortho intramolecular Hbond substituents is 1. The molecule has 2 rings (SSSR count). The average Bonchev–Trinajstić information content (AvgIpc) is 2.41. The molecule has 1 amide bonds. The Hall–Kier alpha value is -2.49. The zero-order valence-electron chi connectivity index (χ0n) is 11.6. The smallest absolute Gasteiger partial charge is 0.221 e. The highest BCUT2D eigenvalue weighted by Gasteiger charge is 2.04. The predicted molar refractivity (Wildman–Crippen MR) is 80.9 cm³/mol. The zero-order chi connectivity index (χ0) is 14.5. The lowest BCUT2D eigenvalue weighted by Gasteiger charge is -2.12. The largest absolute Gasteiger partial charge is 0.508 e. The second-order valence-corrected chi connectivity index (χ2v) is 4.69. The van der Waals surface area contributed by atoms with E-state index in [1.807, 2.05) is 43.3 Å². The van der Waals surface area contributed by atoms with Crippen LogP contribution in [-0.2, 0) is 11.3 Å². The SMILES string of the molecule is CC(=O)Nc1ccccc1CNc1ccc(C)c(O)c1. The Morgan fingerprint density at radius 3 is 2.65 bits per heavy atom. The molecule has 0 aliphatic heterocycles. The number of amides is 1. The van der Waals surface area contributed by atoms with Crippen LogP contribution < -0.4 is 10.6 Å². The molecule has 104 valence electrons. The number of aryl methyl sites for hydroxylation is 1. The van der Waals surface area contributed by atoms with Crippen molar-refractivity contribution in [3.8, 4) is 5.75 Å². The van der Waals surface area contributed by atoms with Crippen molar-refractivity contribution in [2.24, 2.45) is 0 Å². The average molecular weight is 270 g/mol. The molecule has 0 unspecified atom stereocenters. The molecule has 0 spiro atoms. The minimum absolute atomic E-state index is 0.0922. The van der Waals surface area contributed by atoms with Gasteiger partial charge in [0.05, 0.1) is 0 Å². The van der Waals surface area contributed by atoms with E-state index in [2.05, 4.69) is 10.6 Å². The first kappa shape index (κ1) is 13.9. The summed E-state index contributed by atoms with van der Waals surface area (Å²) in [7, 11) is 0. The first-order valence-corrected chi connectivity index (χ1v) is 6.45. The summed E-state index contributed by atoms with van der Waals surface area (Å²) in [4.78, 5) is 11.2. The Labute approximate surface area is 118 Å². The van der Waals surface area contributed by atoms with E-state index in [1.165, 1.54) is 6.92 Å². The number of hydrogen-bond donors (Lipinski definition) is 3. The molecular weight excluding hydrogens is 252 g/mol. The van der Waals surface area contributed by atoms with Crippen molar-refractivity contribution in [2.75, 3.05) is 10.6 Å². The number of rotatable bonds is 4. The molecule has 0 saturated heterocycles. The van der Waals surface area contributed by atoms with Crippen LogP contribution in [0.3, 0.4) is 0 Å². The minimum atomic E-state index is -0.0922. The maximum absolute atomic E-state index is 11.2. The quantitative estimate of drug-likeness (QED) is 0.799. The van der Waals surface area contributed by atoms with Crippen LogP contribution >= 0.6 is 0 Å². The van der Waals surface area contributed by atoms with Gasteiger partial charge < -0.3 is 15.7 Å². The van der Waals surface area contributed by atoms with E-state index in [1.54, 1.807) is 6.07 Å². The molecule has 0 radical (unpaired) electrons. The van der Waals surface area contributed by atoms with Crippen LogP contribution in [0.25, 0.3) is 0 Å². The molecule has 3 N–H and O–H groups in total. The minimum Gasteiger partial charge on any atom is -0.508 e. The highest BCUT2D eigenvalue weighted by Crippen LogP contribution is 2.22. The summed E-state index contributed by atoms with van der Waals surface area (Å²) < 4.78 is 0. The van der Waals surface area contributed by atoms with Gasteiger partial charge in [-0.05, 0) is 30.2 Å². The summed E-state index contributed by atoms with van der Waals surface area (Å²) in [6, 6.07) is 13.1. The monoisotopic (exact) mass is 270 g/mol. The number of aromatic hydroxyl groups is 1. The number of hydrogen-bond acceptors (Lipinski definition) is 3. The summed E-state index contributed by atoms with van der Waals surface area (Å²) >= 11 is 0. The van der Waals surface area contributed by atoms with Crippen molar-refractivity contribution < 1.29 is 9.90 Å². The van der Waals surface area contributed by atoms with Gasteiger partial charge in [-0.25, -0.2) is 0 Å². The highest BCUT2D eigenvalue weighted by atomic mass is 16.3. The Morgan fingerprint density at radius 2 is 1.95 bits per heavy atom. The molecule has 2 aromatic carbocycles. The lowest BCUT2D eigenvalue weighted by molar-refractivity contribution is -0.114. The predicted octanol–water partition coefficient (Wildman–Crippen LogP) is 3.27. The van der Waals surface area contributed by atoms with Gasteiger partial charge in [0, 0.05) is 30.9 Å². The number of nitrogens with one attached hydrogen (secondary N) is 2. The summed E-state index contributed by atoms with van der Waals surface area (Å²) in [5, 5.41) is 15.7. The fourth-order valence-electron chi connectivity index (χ4n) is 1.90. The number of para-hydroxylation sites is 1. The number of benzene rings is 2. The molecule has 0 aliphatic rings. The van der Waals surface area contributed by atoms with E-state index in [0.29, 0.717) is 6.54 Å². The third-order valence-corrected chi connectivity index (χ3v) is 3.02. The first-order chi connectivity index (χ1) is 9.56. The van der Waals surface area contributed by atoms with Crippen molar-refractivity contribution >= 4 is 17.3 Å². The molecule has 20 heavy (non-hydrogen) atoms. The van der Waals surface area contributed by atoms with Crippen molar-refractivity contribution in [3.63, 3.8) is 0 Å². The molecule has 0 bridgehead atoms. The molecule has 4 nitrogen and oxygen atoms in total. The van der Waals surface area contributed by atoms with Crippen molar-refractivity contribution in [1.29, 1.82) is 0 Å². The van der Waals surface area contributed by atoms with E-state index in [4.69, 9.17) is 0 Å². The van der Waals surface area contributed by atoms with Crippen molar-refractivity contribution in [1.82, 2.24) is 0 Å². The van der Waals surface area contributed by atoms with E-state index < -0.39 is 0 Å². The molecule has 0 heterocycles. The van der Waals surface area contributed by atoms with E-state index in [9.17, 15) is 9.90 Å². The Bertz CT molecular complexity index is 624.